The molecule has 0 unspecified atom stereocenters. The summed E-state index contributed by atoms with van der Waals surface area (Å²) in [7, 11) is 0. The van der Waals surface area contributed by atoms with Gasteiger partial charge in [0.25, 0.3) is 11.6 Å². The summed E-state index contributed by atoms with van der Waals surface area (Å²) in [6, 6.07) is 5.42. The standard InChI is InChI=1S/C12H12N4O4/c1-3-20-12-8(2)13-14-15(12)11(17)9-5-4-6-10(7-9)16(18)19/h4-7H,3H2,1-2H3. The molecule has 0 saturated carbocycles. The smallest absolute Gasteiger partial charge is 0.283 e. The molecule has 0 fully saturated rings. The number of carbonyl (C=O) groups excluding carboxylic acids is 1. The van der Waals surface area contributed by atoms with E-state index in [9.17, 15) is 14.9 Å². The summed E-state index contributed by atoms with van der Waals surface area (Å²) in [6.45, 7) is 3.79. The average Bonchev–Trinajstić information content (AvgIpc) is 2.80. The first-order valence-electron chi connectivity index (χ1n) is 5.88. The van der Waals surface area contributed by atoms with Crippen LogP contribution in [0, 0.1) is 17.0 Å². The normalized spacial score (nSPS) is 10.3. The van der Waals surface area contributed by atoms with Crippen LogP contribution < -0.4 is 4.74 Å². The van der Waals surface area contributed by atoms with Gasteiger partial charge in [0.2, 0.25) is 5.88 Å². The molecule has 0 spiro atoms. The van der Waals surface area contributed by atoms with Crippen LogP contribution in [0.3, 0.4) is 0 Å². The summed E-state index contributed by atoms with van der Waals surface area (Å²) in [6.07, 6.45) is 0. The number of benzene rings is 1. The molecule has 0 aliphatic carbocycles. The van der Waals surface area contributed by atoms with Crippen LogP contribution in [0.4, 0.5) is 5.69 Å². The Balaban J connectivity index is 2.41. The Labute approximate surface area is 114 Å². The monoisotopic (exact) mass is 276 g/mol. The number of hydrogen-bond acceptors (Lipinski definition) is 6. The molecule has 8 heteroatoms. The van der Waals surface area contributed by atoms with Crippen molar-refractivity contribution in [3.8, 4) is 5.88 Å². The first kappa shape index (κ1) is 13.7. The van der Waals surface area contributed by atoms with Crippen molar-refractivity contribution in [1.82, 2.24) is 15.0 Å². The Morgan fingerprint density at radius 3 is 2.90 bits per heavy atom. The fourth-order valence-electron chi connectivity index (χ4n) is 1.66. The third-order valence-corrected chi connectivity index (χ3v) is 2.56. The zero-order valence-electron chi connectivity index (χ0n) is 10.9. The van der Waals surface area contributed by atoms with Crippen LogP contribution in [0.5, 0.6) is 5.88 Å². The van der Waals surface area contributed by atoms with Gasteiger partial charge in [-0.15, -0.1) is 9.78 Å². The van der Waals surface area contributed by atoms with Crippen LogP contribution in [-0.2, 0) is 0 Å². The van der Waals surface area contributed by atoms with E-state index in [2.05, 4.69) is 10.3 Å². The molecule has 0 atom stereocenters. The quantitative estimate of drug-likeness (QED) is 0.620. The van der Waals surface area contributed by atoms with Crippen LogP contribution >= 0.6 is 0 Å². The SMILES string of the molecule is CCOc1c(C)nnn1C(=O)c1cccc([N+](=O)[O-])c1. The Morgan fingerprint density at radius 2 is 2.25 bits per heavy atom. The molecule has 0 aliphatic rings. The van der Waals surface area contributed by atoms with Crippen LogP contribution in [0.2, 0.25) is 0 Å². The molecule has 20 heavy (non-hydrogen) atoms. The van der Waals surface area contributed by atoms with Crippen molar-refractivity contribution in [2.75, 3.05) is 6.61 Å². The molecule has 0 bridgehead atoms. The molecule has 0 saturated heterocycles. The van der Waals surface area contributed by atoms with Gasteiger partial charge < -0.3 is 4.74 Å². The Hall–Kier alpha value is -2.77. The molecule has 0 N–H and O–H groups in total. The van der Waals surface area contributed by atoms with E-state index in [4.69, 9.17) is 4.74 Å². The lowest BCUT2D eigenvalue weighted by Crippen LogP contribution is -2.16. The Bertz CT molecular complexity index is 665. The van der Waals surface area contributed by atoms with Crippen molar-refractivity contribution >= 4 is 11.6 Å². The number of aromatic nitrogens is 3. The minimum Gasteiger partial charge on any atom is -0.476 e. The van der Waals surface area contributed by atoms with Crippen molar-refractivity contribution in [3.05, 3.63) is 45.6 Å². The van der Waals surface area contributed by atoms with Crippen LogP contribution in [0.25, 0.3) is 0 Å². The summed E-state index contributed by atoms with van der Waals surface area (Å²) in [5, 5.41) is 18.2. The van der Waals surface area contributed by atoms with Crippen molar-refractivity contribution in [2.24, 2.45) is 0 Å². The molecule has 0 amide bonds. The predicted molar refractivity (Wildman–Crippen MR) is 68.8 cm³/mol. The summed E-state index contributed by atoms with van der Waals surface area (Å²) in [5.41, 5.74) is 0.460. The third-order valence-electron chi connectivity index (χ3n) is 2.56. The minimum atomic E-state index is -0.563. The molecule has 1 heterocycles. The lowest BCUT2D eigenvalue weighted by Gasteiger charge is -2.06. The van der Waals surface area contributed by atoms with Gasteiger partial charge >= 0.3 is 0 Å². The number of ether oxygens (including phenoxy) is 1. The van der Waals surface area contributed by atoms with Crippen molar-refractivity contribution in [1.29, 1.82) is 0 Å². The van der Waals surface area contributed by atoms with Gasteiger partial charge in [0.05, 0.1) is 11.5 Å². The zero-order chi connectivity index (χ0) is 14.7. The van der Waals surface area contributed by atoms with Gasteiger partial charge in [-0.05, 0) is 19.9 Å². The van der Waals surface area contributed by atoms with Crippen LogP contribution in [0.1, 0.15) is 23.0 Å². The van der Waals surface area contributed by atoms with Gasteiger partial charge in [0, 0.05) is 17.7 Å². The van der Waals surface area contributed by atoms with E-state index in [-0.39, 0.29) is 17.1 Å². The second kappa shape index (κ2) is 5.47. The Kier molecular flexibility index (Phi) is 3.74. The number of aryl methyl sites for hydroxylation is 1. The number of non-ortho nitro benzene ring substituents is 1. The zero-order valence-corrected chi connectivity index (χ0v) is 10.9. The van der Waals surface area contributed by atoms with Crippen LogP contribution in [-0.4, -0.2) is 32.4 Å². The van der Waals surface area contributed by atoms with E-state index < -0.39 is 10.8 Å². The molecule has 1 aromatic carbocycles. The first-order valence-corrected chi connectivity index (χ1v) is 5.88. The van der Waals surface area contributed by atoms with E-state index in [1.54, 1.807) is 13.8 Å². The highest BCUT2D eigenvalue weighted by molar-refractivity contribution is 5.96. The lowest BCUT2D eigenvalue weighted by molar-refractivity contribution is -0.384. The van der Waals surface area contributed by atoms with E-state index in [0.717, 1.165) is 4.68 Å². The van der Waals surface area contributed by atoms with Gasteiger partial charge in [-0.25, -0.2) is 0 Å². The molecule has 2 rings (SSSR count). The van der Waals surface area contributed by atoms with E-state index in [1.807, 2.05) is 0 Å². The third kappa shape index (κ3) is 2.48. The topological polar surface area (TPSA) is 100 Å². The number of nitrogens with zero attached hydrogens (tertiary/aromatic N) is 4. The van der Waals surface area contributed by atoms with Gasteiger partial charge in [-0.3, -0.25) is 14.9 Å². The van der Waals surface area contributed by atoms with E-state index in [0.29, 0.717) is 12.3 Å². The largest absolute Gasteiger partial charge is 0.476 e. The van der Waals surface area contributed by atoms with Gasteiger partial charge in [-0.1, -0.05) is 11.3 Å². The minimum absolute atomic E-state index is 0.144. The van der Waals surface area contributed by atoms with Crippen LogP contribution in [0.15, 0.2) is 24.3 Å². The maximum atomic E-state index is 12.3. The van der Waals surface area contributed by atoms with Crippen molar-refractivity contribution < 1.29 is 14.5 Å². The fourth-order valence-corrected chi connectivity index (χ4v) is 1.66. The number of hydrogen-bond donors (Lipinski definition) is 0. The maximum absolute atomic E-state index is 12.3. The molecule has 0 aliphatic heterocycles. The summed E-state index contributed by atoms with van der Waals surface area (Å²) < 4.78 is 6.31. The summed E-state index contributed by atoms with van der Waals surface area (Å²) >= 11 is 0. The van der Waals surface area contributed by atoms with Crippen molar-refractivity contribution in [3.63, 3.8) is 0 Å². The molecule has 8 nitrogen and oxygen atoms in total. The molecular weight excluding hydrogens is 264 g/mol. The van der Waals surface area contributed by atoms with Gasteiger partial charge in [-0.2, -0.15) is 0 Å². The highest BCUT2D eigenvalue weighted by Crippen LogP contribution is 2.19. The lowest BCUT2D eigenvalue weighted by atomic mass is 10.2. The molecule has 0 radical (unpaired) electrons. The second-order valence-electron chi connectivity index (χ2n) is 3.94. The number of nitro groups is 1. The average molecular weight is 276 g/mol. The highest BCUT2D eigenvalue weighted by atomic mass is 16.6. The van der Waals surface area contributed by atoms with Gasteiger partial charge in [0.1, 0.15) is 5.69 Å². The summed E-state index contributed by atoms with van der Waals surface area (Å²) in [5.74, 6) is -0.290. The maximum Gasteiger partial charge on any atom is 0.283 e. The number of nitro benzene ring substituents is 1. The second-order valence-corrected chi connectivity index (χ2v) is 3.94. The predicted octanol–water partition coefficient (Wildman–Crippen LogP) is 1.58. The summed E-state index contributed by atoms with van der Waals surface area (Å²) in [4.78, 5) is 22.4. The molecular formula is C12H12N4O4. The highest BCUT2D eigenvalue weighted by Gasteiger charge is 2.20. The number of carbonyl (C=O) groups is 1. The van der Waals surface area contributed by atoms with E-state index >= 15 is 0 Å². The van der Waals surface area contributed by atoms with E-state index in [1.165, 1.54) is 24.3 Å². The first-order chi connectivity index (χ1) is 9.54. The van der Waals surface area contributed by atoms with Gasteiger partial charge in [0.15, 0.2) is 0 Å². The Morgan fingerprint density at radius 1 is 1.50 bits per heavy atom. The number of rotatable bonds is 4. The molecule has 104 valence electrons. The molecule has 1 aromatic heterocycles. The fraction of sp³-hybridized carbons (Fsp3) is 0.250. The molecule has 2 aromatic rings. The van der Waals surface area contributed by atoms with Crippen molar-refractivity contribution in [2.45, 2.75) is 13.8 Å².